The Labute approximate surface area is 97.6 Å². The van der Waals surface area contributed by atoms with Crippen molar-refractivity contribution >= 4 is 9.84 Å². The highest BCUT2D eigenvalue weighted by molar-refractivity contribution is 7.91. The van der Waals surface area contributed by atoms with Crippen LogP contribution in [0.4, 0.5) is 0 Å². The Kier molecular flexibility index (Phi) is 3.56. The lowest BCUT2D eigenvalue weighted by atomic mass is 9.93. The summed E-state index contributed by atoms with van der Waals surface area (Å²) in [5.74, 6) is 0.0654. The van der Waals surface area contributed by atoms with Crippen LogP contribution in [-0.2, 0) is 9.84 Å². The van der Waals surface area contributed by atoms with Gasteiger partial charge in [-0.15, -0.1) is 0 Å². The molecule has 16 heavy (non-hydrogen) atoms. The van der Waals surface area contributed by atoms with E-state index in [1.807, 2.05) is 7.05 Å². The third-order valence-corrected chi connectivity index (χ3v) is 5.67. The molecule has 1 aliphatic heterocycles. The van der Waals surface area contributed by atoms with Crippen molar-refractivity contribution < 1.29 is 13.5 Å². The molecule has 0 aromatic heterocycles. The van der Waals surface area contributed by atoms with Crippen LogP contribution in [0, 0.1) is 0 Å². The lowest BCUT2D eigenvalue weighted by Gasteiger charge is -2.36. The molecule has 0 aromatic carbocycles. The second-order valence-electron chi connectivity index (χ2n) is 5.17. The number of rotatable bonds is 2. The molecule has 1 saturated heterocycles. The lowest BCUT2D eigenvalue weighted by Crippen LogP contribution is -2.47. The molecule has 2 rings (SSSR count). The van der Waals surface area contributed by atoms with Crippen LogP contribution in [0.5, 0.6) is 0 Å². The van der Waals surface area contributed by atoms with E-state index < -0.39 is 15.9 Å². The minimum Gasteiger partial charge on any atom is -0.390 e. The largest absolute Gasteiger partial charge is 0.390 e. The summed E-state index contributed by atoms with van der Waals surface area (Å²) >= 11 is 0. The molecule has 4 nitrogen and oxygen atoms in total. The van der Waals surface area contributed by atoms with Gasteiger partial charge < -0.3 is 5.11 Å². The van der Waals surface area contributed by atoms with Crippen LogP contribution in [0.3, 0.4) is 0 Å². The summed E-state index contributed by atoms with van der Waals surface area (Å²) in [5.41, 5.74) is 0. The van der Waals surface area contributed by atoms with E-state index in [1.165, 1.54) is 19.3 Å². The van der Waals surface area contributed by atoms with E-state index in [1.54, 1.807) is 0 Å². The van der Waals surface area contributed by atoms with Crippen molar-refractivity contribution in [2.24, 2.45) is 0 Å². The summed E-state index contributed by atoms with van der Waals surface area (Å²) in [6.45, 7) is 0. The molecule has 1 heterocycles. The Hall–Kier alpha value is -0.130. The van der Waals surface area contributed by atoms with Crippen molar-refractivity contribution in [1.29, 1.82) is 0 Å². The monoisotopic (exact) mass is 247 g/mol. The molecule has 2 aliphatic rings. The zero-order valence-electron chi connectivity index (χ0n) is 9.80. The van der Waals surface area contributed by atoms with Crippen LogP contribution in [0.15, 0.2) is 0 Å². The summed E-state index contributed by atoms with van der Waals surface area (Å²) in [4.78, 5) is 2.11. The van der Waals surface area contributed by atoms with E-state index in [0.717, 1.165) is 12.8 Å². The van der Waals surface area contributed by atoms with Crippen molar-refractivity contribution in [2.45, 2.75) is 50.3 Å². The molecule has 1 N–H and O–H groups in total. The number of hydrogen-bond donors (Lipinski definition) is 1. The molecule has 5 heteroatoms. The minimum atomic E-state index is -3.02. The normalized spacial score (nSPS) is 35.7. The molecule has 0 aromatic rings. The van der Waals surface area contributed by atoms with Gasteiger partial charge in [0.1, 0.15) is 0 Å². The molecule has 2 fully saturated rings. The van der Waals surface area contributed by atoms with E-state index >= 15 is 0 Å². The molecular weight excluding hydrogens is 226 g/mol. The Morgan fingerprint density at radius 1 is 1.12 bits per heavy atom. The number of aliphatic hydroxyl groups is 1. The van der Waals surface area contributed by atoms with E-state index in [2.05, 4.69) is 4.90 Å². The fourth-order valence-electron chi connectivity index (χ4n) is 2.96. The zero-order chi connectivity index (χ0) is 11.8. The Bertz CT molecular complexity index is 335. The predicted octanol–water partition coefficient (Wildman–Crippen LogP) is 0.409. The molecule has 2 atom stereocenters. The third-order valence-electron chi connectivity index (χ3n) is 3.97. The van der Waals surface area contributed by atoms with Crippen LogP contribution < -0.4 is 0 Å². The van der Waals surface area contributed by atoms with Crippen LogP contribution in [-0.4, -0.2) is 55.2 Å². The fraction of sp³-hybridized carbons (Fsp3) is 1.00. The Balaban J connectivity index is 2.01. The van der Waals surface area contributed by atoms with Gasteiger partial charge in [-0.3, -0.25) is 4.90 Å². The quantitative estimate of drug-likeness (QED) is 0.768. The smallest absolute Gasteiger partial charge is 0.154 e. The van der Waals surface area contributed by atoms with Gasteiger partial charge in [0.2, 0.25) is 0 Å². The number of sulfone groups is 1. The molecule has 1 aliphatic carbocycles. The standard InChI is InChI=1S/C11H21NO3S/c1-12(9-5-3-2-4-6-9)10-7-16(14,15)8-11(10)13/h9-11,13H,2-8H2,1H3/t10-,11-/m1/s1. The number of likely N-dealkylation sites (N-methyl/N-ethyl adjacent to an activating group) is 1. The van der Waals surface area contributed by atoms with Gasteiger partial charge in [0.25, 0.3) is 0 Å². The summed E-state index contributed by atoms with van der Waals surface area (Å²) in [6, 6.07) is 0.273. The highest BCUT2D eigenvalue weighted by Gasteiger charge is 2.40. The van der Waals surface area contributed by atoms with E-state index in [0.29, 0.717) is 6.04 Å². The van der Waals surface area contributed by atoms with E-state index in [9.17, 15) is 13.5 Å². The van der Waals surface area contributed by atoms with Crippen LogP contribution in [0.1, 0.15) is 32.1 Å². The van der Waals surface area contributed by atoms with Crippen LogP contribution in [0.25, 0.3) is 0 Å². The van der Waals surface area contributed by atoms with Crippen LogP contribution >= 0.6 is 0 Å². The molecular formula is C11H21NO3S. The maximum Gasteiger partial charge on any atom is 0.154 e. The second-order valence-corrected chi connectivity index (χ2v) is 7.32. The maximum atomic E-state index is 11.5. The topological polar surface area (TPSA) is 57.6 Å². The molecule has 0 amide bonds. The first-order chi connectivity index (χ1) is 7.49. The SMILES string of the molecule is CN(C1CCCCC1)[C@@H]1CS(=O)(=O)C[C@H]1O. The summed E-state index contributed by atoms with van der Waals surface area (Å²) in [5, 5.41) is 9.80. The van der Waals surface area contributed by atoms with Crippen molar-refractivity contribution in [3.8, 4) is 0 Å². The predicted molar refractivity (Wildman–Crippen MR) is 63.1 cm³/mol. The van der Waals surface area contributed by atoms with E-state index in [-0.39, 0.29) is 17.5 Å². The average molecular weight is 247 g/mol. The second kappa shape index (κ2) is 4.63. The maximum absolute atomic E-state index is 11.5. The number of nitrogens with zero attached hydrogens (tertiary/aromatic N) is 1. The first-order valence-corrected chi connectivity index (χ1v) is 7.92. The third kappa shape index (κ3) is 2.57. The van der Waals surface area contributed by atoms with Gasteiger partial charge in [-0.05, 0) is 19.9 Å². The average Bonchev–Trinajstić information content (AvgIpc) is 2.52. The van der Waals surface area contributed by atoms with E-state index in [4.69, 9.17) is 0 Å². The van der Waals surface area contributed by atoms with Crippen molar-refractivity contribution in [3.05, 3.63) is 0 Å². The highest BCUT2D eigenvalue weighted by atomic mass is 32.2. The Morgan fingerprint density at radius 3 is 2.25 bits per heavy atom. The summed E-state index contributed by atoms with van der Waals surface area (Å²) < 4.78 is 22.9. The molecule has 0 unspecified atom stereocenters. The van der Waals surface area contributed by atoms with Crippen molar-refractivity contribution in [1.82, 2.24) is 4.90 Å². The molecule has 0 bridgehead atoms. The van der Waals surface area contributed by atoms with Gasteiger partial charge in [0, 0.05) is 6.04 Å². The first-order valence-electron chi connectivity index (χ1n) is 6.10. The molecule has 1 saturated carbocycles. The van der Waals surface area contributed by atoms with Gasteiger partial charge in [-0.25, -0.2) is 8.42 Å². The summed E-state index contributed by atoms with van der Waals surface area (Å²) in [6.07, 6.45) is 5.32. The fourth-order valence-corrected chi connectivity index (χ4v) is 4.81. The number of aliphatic hydroxyl groups excluding tert-OH is 1. The van der Waals surface area contributed by atoms with Gasteiger partial charge in [0.15, 0.2) is 9.84 Å². The molecule has 0 radical (unpaired) electrons. The van der Waals surface area contributed by atoms with Crippen molar-refractivity contribution in [3.63, 3.8) is 0 Å². The first kappa shape index (κ1) is 12.3. The highest BCUT2D eigenvalue weighted by Crippen LogP contribution is 2.26. The van der Waals surface area contributed by atoms with Crippen molar-refractivity contribution in [2.75, 3.05) is 18.6 Å². The van der Waals surface area contributed by atoms with Gasteiger partial charge in [-0.1, -0.05) is 19.3 Å². The minimum absolute atomic E-state index is 0.0608. The summed E-state index contributed by atoms with van der Waals surface area (Å²) in [7, 11) is -1.06. The van der Waals surface area contributed by atoms with Gasteiger partial charge >= 0.3 is 0 Å². The Morgan fingerprint density at radius 2 is 1.75 bits per heavy atom. The number of hydrogen-bond acceptors (Lipinski definition) is 4. The molecule has 94 valence electrons. The molecule has 0 spiro atoms. The van der Waals surface area contributed by atoms with Gasteiger partial charge in [-0.2, -0.15) is 0 Å². The van der Waals surface area contributed by atoms with Crippen LogP contribution in [0.2, 0.25) is 0 Å². The van der Waals surface area contributed by atoms with Gasteiger partial charge in [0.05, 0.1) is 23.7 Å². The zero-order valence-corrected chi connectivity index (χ0v) is 10.6. The lowest BCUT2D eigenvalue weighted by molar-refractivity contribution is 0.0606.